The van der Waals surface area contributed by atoms with Crippen LogP contribution >= 0.6 is 11.6 Å². The molecule has 1 aliphatic heterocycles. The van der Waals surface area contributed by atoms with Gasteiger partial charge in [0, 0.05) is 19.1 Å². The van der Waals surface area contributed by atoms with Crippen LogP contribution in [-0.4, -0.2) is 46.7 Å². The Morgan fingerprint density at radius 2 is 2.32 bits per heavy atom. The Hall–Kier alpha value is -1.27. The number of H-pyrrole nitrogens is 1. The molecule has 2 heterocycles. The molecule has 0 radical (unpaired) electrons. The highest BCUT2D eigenvalue weighted by Crippen LogP contribution is 2.21. The number of hydrogen-bond donors (Lipinski definition) is 3. The smallest absolute Gasteiger partial charge is 0.270 e. The Morgan fingerprint density at radius 3 is 2.95 bits per heavy atom. The average Bonchev–Trinajstić information content (AvgIpc) is 2.80. The summed E-state index contributed by atoms with van der Waals surface area (Å²) in [5.74, 6) is 0.574. The van der Waals surface area contributed by atoms with E-state index in [4.69, 9.17) is 17.3 Å². The van der Waals surface area contributed by atoms with Gasteiger partial charge in [-0.15, -0.1) is 0 Å². The molecule has 1 atom stereocenters. The number of aromatic nitrogens is 2. The number of nitrogens with one attached hydrogen (secondary N) is 2. The molecule has 1 saturated heterocycles. The van der Waals surface area contributed by atoms with Crippen molar-refractivity contribution in [3.63, 3.8) is 0 Å². The second kappa shape index (κ2) is 7.83. The van der Waals surface area contributed by atoms with Crippen LogP contribution in [0.25, 0.3) is 0 Å². The zero-order valence-electron chi connectivity index (χ0n) is 13.4. The van der Waals surface area contributed by atoms with Crippen molar-refractivity contribution in [1.82, 2.24) is 20.4 Å². The van der Waals surface area contributed by atoms with E-state index in [1.54, 1.807) is 0 Å². The minimum atomic E-state index is -0.250. The minimum Gasteiger partial charge on any atom is -0.381 e. The fraction of sp³-hybridized carbons (Fsp3) is 0.733. The summed E-state index contributed by atoms with van der Waals surface area (Å²) in [6.07, 6.45) is 4.72. The molecule has 1 aromatic rings. The van der Waals surface area contributed by atoms with Crippen LogP contribution in [0.2, 0.25) is 5.02 Å². The number of nitrogens with zero attached hydrogens (tertiary/aromatic N) is 2. The number of nitrogens with two attached hydrogens (primary N) is 1. The monoisotopic (exact) mass is 327 g/mol. The number of halogens is 1. The number of likely N-dealkylation sites (tertiary alicyclic amines) is 1. The van der Waals surface area contributed by atoms with E-state index in [9.17, 15) is 4.79 Å². The van der Waals surface area contributed by atoms with Gasteiger partial charge in [0.15, 0.2) is 5.82 Å². The Bertz CT molecular complexity index is 502. The second-order valence-corrected chi connectivity index (χ2v) is 6.76. The van der Waals surface area contributed by atoms with Crippen molar-refractivity contribution >= 4 is 23.3 Å². The van der Waals surface area contributed by atoms with E-state index in [0.29, 0.717) is 18.5 Å². The Kier molecular flexibility index (Phi) is 6.08. The lowest BCUT2D eigenvalue weighted by Crippen LogP contribution is -2.43. The van der Waals surface area contributed by atoms with E-state index in [1.165, 1.54) is 25.8 Å². The molecule has 1 aliphatic rings. The Morgan fingerprint density at radius 1 is 1.55 bits per heavy atom. The van der Waals surface area contributed by atoms with Gasteiger partial charge in [0.05, 0.1) is 0 Å². The molecule has 4 N–H and O–H groups in total. The summed E-state index contributed by atoms with van der Waals surface area (Å²) in [7, 11) is 0. The number of aromatic amines is 1. The van der Waals surface area contributed by atoms with Crippen LogP contribution in [-0.2, 0) is 0 Å². The zero-order chi connectivity index (χ0) is 16.1. The molecule has 0 bridgehead atoms. The molecule has 0 aromatic carbocycles. The Labute approximate surface area is 136 Å². The molecule has 6 nitrogen and oxygen atoms in total. The molecule has 22 heavy (non-hydrogen) atoms. The van der Waals surface area contributed by atoms with Crippen LogP contribution < -0.4 is 11.1 Å². The predicted octanol–water partition coefficient (Wildman–Crippen LogP) is 2.28. The van der Waals surface area contributed by atoms with E-state index in [0.717, 1.165) is 13.0 Å². The highest BCUT2D eigenvalue weighted by Gasteiger charge is 2.23. The maximum atomic E-state index is 12.0. The van der Waals surface area contributed by atoms with Gasteiger partial charge in [-0.3, -0.25) is 9.89 Å². The number of hydrogen-bond acceptors (Lipinski definition) is 4. The predicted molar refractivity (Wildman–Crippen MR) is 89.0 cm³/mol. The van der Waals surface area contributed by atoms with Crippen LogP contribution in [0.1, 0.15) is 50.0 Å². The summed E-state index contributed by atoms with van der Waals surface area (Å²) in [4.78, 5) is 14.6. The number of carbonyl (C=O) groups is 1. The molecular weight excluding hydrogens is 302 g/mol. The van der Waals surface area contributed by atoms with Crippen molar-refractivity contribution in [3.05, 3.63) is 10.7 Å². The second-order valence-electron chi connectivity index (χ2n) is 6.38. The lowest BCUT2D eigenvalue weighted by molar-refractivity contribution is 0.0929. The van der Waals surface area contributed by atoms with Crippen molar-refractivity contribution in [2.75, 3.05) is 25.4 Å². The maximum absolute atomic E-state index is 12.0. The topological polar surface area (TPSA) is 87.0 Å². The van der Waals surface area contributed by atoms with Gasteiger partial charge >= 0.3 is 0 Å². The summed E-state index contributed by atoms with van der Waals surface area (Å²) in [5.41, 5.74) is 5.77. The van der Waals surface area contributed by atoms with Crippen LogP contribution in [0.3, 0.4) is 0 Å². The third-order valence-corrected chi connectivity index (χ3v) is 4.45. The van der Waals surface area contributed by atoms with E-state index in [2.05, 4.69) is 34.3 Å². The summed E-state index contributed by atoms with van der Waals surface area (Å²) in [6, 6.07) is 0.554. The molecular formula is C15H26ClN5O. The van der Waals surface area contributed by atoms with Crippen molar-refractivity contribution in [3.8, 4) is 0 Å². The first-order valence-electron chi connectivity index (χ1n) is 8.00. The number of piperidine rings is 1. The van der Waals surface area contributed by atoms with Gasteiger partial charge in [-0.2, -0.15) is 5.10 Å². The van der Waals surface area contributed by atoms with Crippen LogP contribution in [0.15, 0.2) is 0 Å². The number of rotatable bonds is 6. The van der Waals surface area contributed by atoms with Gasteiger partial charge in [0.2, 0.25) is 0 Å². The third kappa shape index (κ3) is 4.36. The van der Waals surface area contributed by atoms with Crippen molar-refractivity contribution in [2.24, 2.45) is 5.92 Å². The summed E-state index contributed by atoms with van der Waals surface area (Å²) >= 11 is 5.92. The molecule has 2 rings (SSSR count). The summed E-state index contributed by atoms with van der Waals surface area (Å²) < 4.78 is 0. The van der Waals surface area contributed by atoms with Gasteiger partial charge in [-0.25, -0.2) is 0 Å². The van der Waals surface area contributed by atoms with E-state index >= 15 is 0 Å². The molecule has 1 amide bonds. The zero-order valence-corrected chi connectivity index (χ0v) is 14.1. The van der Waals surface area contributed by atoms with E-state index in [-0.39, 0.29) is 22.4 Å². The highest BCUT2D eigenvalue weighted by molar-refractivity contribution is 6.35. The fourth-order valence-corrected chi connectivity index (χ4v) is 3.20. The molecule has 0 saturated carbocycles. The van der Waals surface area contributed by atoms with E-state index < -0.39 is 0 Å². The minimum absolute atomic E-state index is 0.155. The molecule has 0 aliphatic carbocycles. The van der Waals surface area contributed by atoms with Crippen molar-refractivity contribution in [1.29, 1.82) is 0 Å². The first-order chi connectivity index (χ1) is 10.5. The number of carbonyl (C=O) groups excluding carboxylic acids is 1. The van der Waals surface area contributed by atoms with Crippen LogP contribution in [0.5, 0.6) is 0 Å². The number of amides is 1. The van der Waals surface area contributed by atoms with Gasteiger partial charge in [-0.05, 0) is 31.7 Å². The first-order valence-corrected chi connectivity index (χ1v) is 8.38. The van der Waals surface area contributed by atoms with Gasteiger partial charge in [-0.1, -0.05) is 31.9 Å². The highest BCUT2D eigenvalue weighted by atomic mass is 35.5. The number of nitrogen functional groups attached to an aromatic ring is 1. The lowest BCUT2D eigenvalue weighted by atomic mass is 9.98. The first kappa shape index (κ1) is 17.1. The third-order valence-electron chi connectivity index (χ3n) is 4.07. The SMILES string of the molecule is CC(C)CN1CCCC[C@@H]1CCNC(=O)c1[nH]nc(N)c1Cl. The summed E-state index contributed by atoms with van der Waals surface area (Å²) in [6.45, 7) is 7.42. The molecule has 124 valence electrons. The number of anilines is 1. The van der Waals surface area contributed by atoms with Gasteiger partial charge < -0.3 is 16.0 Å². The Balaban J connectivity index is 1.81. The average molecular weight is 328 g/mol. The van der Waals surface area contributed by atoms with Crippen LogP contribution in [0, 0.1) is 5.92 Å². The lowest BCUT2D eigenvalue weighted by Gasteiger charge is -2.37. The quantitative estimate of drug-likeness (QED) is 0.748. The molecule has 0 spiro atoms. The fourth-order valence-electron chi connectivity index (χ4n) is 3.03. The molecule has 1 aromatic heterocycles. The molecule has 1 fully saturated rings. The standard InChI is InChI=1S/C15H26ClN5O/c1-10(2)9-21-8-4-3-5-11(21)6-7-18-15(22)13-12(16)14(17)20-19-13/h10-11H,3-9H2,1-2H3,(H,18,22)(H3,17,19,20)/t11-/m1/s1. The molecule has 7 heteroatoms. The summed E-state index contributed by atoms with van der Waals surface area (Å²) in [5, 5.41) is 9.39. The van der Waals surface area contributed by atoms with E-state index in [1.807, 2.05) is 0 Å². The maximum Gasteiger partial charge on any atom is 0.270 e. The van der Waals surface area contributed by atoms with Gasteiger partial charge in [0.1, 0.15) is 10.7 Å². The normalized spacial score (nSPS) is 19.5. The van der Waals surface area contributed by atoms with Crippen LogP contribution in [0.4, 0.5) is 5.82 Å². The largest absolute Gasteiger partial charge is 0.381 e. The van der Waals surface area contributed by atoms with Gasteiger partial charge in [0.25, 0.3) is 5.91 Å². The van der Waals surface area contributed by atoms with Crippen molar-refractivity contribution in [2.45, 2.75) is 45.6 Å². The molecule has 0 unspecified atom stereocenters. The van der Waals surface area contributed by atoms with Crippen molar-refractivity contribution < 1.29 is 4.79 Å².